The lowest BCUT2D eigenvalue weighted by Crippen LogP contribution is -2.45. The van der Waals surface area contributed by atoms with E-state index in [2.05, 4.69) is 22.0 Å². The highest BCUT2D eigenvalue weighted by atomic mass is 33.1. The molecular weight excluding hydrogens is 524 g/mol. The second kappa shape index (κ2) is 10.6. The Morgan fingerprint density at radius 2 is 1.74 bits per heavy atom. The van der Waals surface area contributed by atoms with Crippen LogP contribution in [0.4, 0.5) is 13.2 Å². The molecule has 0 saturated carbocycles. The number of alkyl halides is 3. The summed E-state index contributed by atoms with van der Waals surface area (Å²) in [5.74, 6) is 0. The average molecular weight is 546 g/mol. The van der Waals surface area contributed by atoms with Crippen LogP contribution in [-0.4, -0.2) is 36.8 Å². The summed E-state index contributed by atoms with van der Waals surface area (Å²) in [7, 11) is -2.55. The number of nitrogens with one attached hydrogen (secondary N) is 1. The normalized spacial score (nSPS) is 15.7. The Bertz CT molecular complexity index is 1210. The molecule has 12 heteroatoms. The molecule has 0 atom stereocenters. The van der Waals surface area contributed by atoms with Crippen molar-refractivity contribution in [1.29, 1.82) is 0 Å². The van der Waals surface area contributed by atoms with Crippen LogP contribution in [-0.2, 0) is 22.7 Å². The fourth-order valence-electron chi connectivity index (χ4n) is 3.79. The van der Waals surface area contributed by atoms with Crippen LogP contribution in [0.5, 0.6) is 0 Å². The van der Waals surface area contributed by atoms with E-state index in [1.807, 2.05) is 0 Å². The summed E-state index contributed by atoms with van der Waals surface area (Å²) in [5, 5.41) is 5.56. The molecule has 2 heterocycles. The van der Waals surface area contributed by atoms with Crippen molar-refractivity contribution in [3.63, 3.8) is 0 Å². The minimum Gasteiger partial charge on any atom is -0.317 e. The number of hydrogen-bond acceptors (Lipinski definition) is 7. The predicted molar refractivity (Wildman–Crippen MR) is 132 cm³/mol. The van der Waals surface area contributed by atoms with Crippen LogP contribution >= 0.6 is 33.8 Å². The third-order valence-electron chi connectivity index (χ3n) is 5.58. The smallest absolute Gasteiger partial charge is 0.317 e. The van der Waals surface area contributed by atoms with E-state index in [9.17, 15) is 21.6 Å². The van der Waals surface area contributed by atoms with E-state index in [0.29, 0.717) is 29.1 Å². The molecule has 2 aromatic carbocycles. The molecule has 1 aliphatic heterocycles. The molecule has 1 saturated heterocycles. The van der Waals surface area contributed by atoms with Crippen LogP contribution in [0.25, 0.3) is 10.6 Å². The molecule has 5 nitrogen and oxygen atoms in total. The highest BCUT2D eigenvalue weighted by Gasteiger charge is 2.33. The van der Waals surface area contributed by atoms with Crippen molar-refractivity contribution < 1.29 is 21.6 Å². The van der Waals surface area contributed by atoms with Gasteiger partial charge in [-0.3, -0.25) is 0 Å². The number of benzene rings is 2. The first-order valence-corrected chi connectivity index (χ1v) is 14.6. The summed E-state index contributed by atoms with van der Waals surface area (Å²) in [6.45, 7) is 1.53. The summed E-state index contributed by atoms with van der Waals surface area (Å²) >= 11 is 5.42. The average Bonchev–Trinajstić information content (AvgIpc) is 3.31. The van der Waals surface area contributed by atoms with Crippen LogP contribution in [0.2, 0.25) is 0 Å². The Morgan fingerprint density at radius 3 is 2.32 bits per heavy atom. The summed E-state index contributed by atoms with van der Waals surface area (Å²) < 4.78 is 67.3. The zero-order chi connectivity index (χ0) is 24.3. The Labute approximate surface area is 209 Å². The summed E-state index contributed by atoms with van der Waals surface area (Å²) in [6.07, 6.45) is -3.04. The van der Waals surface area contributed by atoms with Crippen LogP contribution in [0.15, 0.2) is 63.7 Å². The maximum absolute atomic E-state index is 13.6. The van der Waals surface area contributed by atoms with Gasteiger partial charge in [-0.05, 0) is 62.3 Å². The second-order valence-electron chi connectivity index (χ2n) is 7.81. The Hall–Kier alpha value is -1.57. The molecule has 1 aromatic heterocycles. The van der Waals surface area contributed by atoms with E-state index in [-0.39, 0.29) is 17.5 Å². The number of rotatable bonds is 7. The molecule has 1 fully saturated rings. The van der Waals surface area contributed by atoms with Gasteiger partial charge in [0.25, 0.3) is 0 Å². The molecule has 3 aromatic rings. The van der Waals surface area contributed by atoms with Crippen molar-refractivity contribution in [1.82, 2.24) is 14.6 Å². The van der Waals surface area contributed by atoms with E-state index in [4.69, 9.17) is 0 Å². The number of sulfonamides is 1. The standard InChI is InChI=1S/C22H22F3N3O2S4/c23-22(24,25)16-3-1-15(2-4-16)21-27-17(14-32-21)13-28(18-9-11-26-12-10-18)34(29,30)20-7-5-19(33-31)6-8-20/h1-8,14,18,26,31H,9-13H2. The molecule has 34 heavy (non-hydrogen) atoms. The molecular formula is C22H22F3N3O2S4. The van der Waals surface area contributed by atoms with Gasteiger partial charge in [0.1, 0.15) is 5.01 Å². The highest BCUT2D eigenvalue weighted by Crippen LogP contribution is 2.33. The minimum absolute atomic E-state index is 0.0905. The van der Waals surface area contributed by atoms with E-state index < -0.39 is 21.8 Å². The number of nitrogens with zero attached hydrogens (tertiary/aromatic N) is 2. The first-order valence-electron chi connectivity index (χ1n) is 10.4. The minimum atomic E-state index is -4.40. The third-order valence-corrected chi connectivity index (χ3v) is 9.55. The third kappa shape index (κ3) is 5.80. The Morgan fingerprint density at radius 1 is 1.09 bits per heavy atom. The lowest BCUT2D eigenvalue weighted by molar-refractivity contribution is -0.137. The van der Waals surface area contributed by atoms with E-state index >= 15 is 0 Å². The summed E-state index contributed by atoms with van der Waals surface area (Å²) in [6, 6.07) is 11.2. The maximum atomic E-state index is 13.6. The van der Waals surface area contributed by atoms with Gasteiger partial charge in [-0.25, -0.2) is 13.4 Å². The molecule has 0 radical (unpaired) electrons. The van der Waals surface area contributed by atoms with Crippen molar-refractivity contribution >= 4 is 43.8 Å². The Balaban J connectivity index is 1.60. The summed E-state index contributed by atoms with van der Waals surface area (Å²) in [5.41, 5.74) is 0.392. The van der Waals surface area contributed by atoms with Gasteiger partial charge in [-0.1, -0.05) is 22.9 Å². The van der Waals surface area contributed by atoms with Crippen LogP contribution < -0.4 is 5.32 Å². The van der Waals surface area contributed by atoms with Crippen LogP contribution in [0.1, 0.15) is 24.1 Å². The summed E-state index contributed by atoms with van der Waals surface area (Å²) in [4.78, 5) is 5.59. The van der Waals surface area contributed by atoms with Gasteiger partial charge >= 0.3 is 6.18 Å². The van der Waals surface area contributed by atoms with Crippen LogP contribution in [0, 0.1) is 0 Å². The van der Waals surface area contributed by atoms with Crippen LogP contribution in [0.3, 0.4) is 0 Å². The number of piperidine rings is 1. The van der Waals surface area contributed by atoms with Gasteiger partial charge < -0.3 is 5.32 Å². The SMILES string of the molecule is O=S(=O)(c1ccc(SS)cc1)N(Cc1csc(-c2ccc(C(F)(F)F)cc2)n1)C1CCNCC1. The second-order valence-corrected chi connectivity index (χ2v) is 11.8. The lowest BCUT2D eigenvalue weighted by atomic mass is 10.1. The molecule has 1 aliphatic rings. The van der Waals surface area contributed by atoms with E-state index in [1.54, 1.807) is 29.6 Å². The fraction of sp³-hybridized carbons (Fsp3) is 0.318. The maximum Gasteiger partial charge on any atom is 0.416 e. The quantitative estimate of drug-likeness (QED) is 0.294. The fourth-order valence-corrected chi connectivity index (χ4v) is 6.88. The molecule has 4 rings (SSSR count). The van der Waals surface area contributed by atoms with Crippen molar-refractivity contribution in [3.8, 4) is 10.6 Å². The van der Waals surface area contributed by atoms with E-state index in [1.165, 1.54) is 38.6 Å². The first kappa shape index (κ1) is 25.5. The van der Waals surface area contributed by atoms with Crippen molar-refractivity contribution in [3.05, 3.63) is 65.2 Å². The lowest BCUT2D eigenvalue weighted by Gasteiger charge is -2.33. The highest BCUT2D eigenvalue weighted by molar-refractivity contribution is 8.68. The zero-order valence-electron chi connectivity index (χ0n) is 17.8. The number of aromatic nitrogens is 1. The van der Waals surface area contributed by atoms with Gasteiger partial charge in [0.15, 0.2) is 0 Å². The van der Waals surface area contributed by atoms with Crippen molar-refractivity contribution in [2.75, 3.05) is 13.1 Å². The largest absolute Gasteiger partial charge is 0.416 e. The molecule has 0 spiro atoms. The van der Waals surface area contributed by atoms with Gasteiger partial charge in [-0.2, -0.15) is 17.5 Å². The topological polar surface area (TPSA) is 62.3 Å². The molecule has 182 valence electrons. The number of thiazole rings is 1. The van der Waals surface area contributed by atoms with Gasteiger partial charge in [0.2, 0.25) is 10.0 Å². The van der Waals surface area contributed by atoms with Crippen molar-refractivity contribution in [2.24, 2.45) is 0 Å². The van der Waals surface area contributed by atoms with Gasteiger partial charge in [0, 0.05) is 21.9 Å². The number of thiol groups is 1. The molecule has 1 N–H and O–H groups in total. The Kier molecular flexibility index (Phi) is 7.95. The first-order chi connectivity index (χ1) is 16.2. The van der Waals surface area contributed by atoms with Gasteiger partial charge in [-0.15, -0.1) is 23.0 Å². The monoisotopic (exact) mass is 545 g/mol. The number of hydrogen-bond donors (Lipinski definition) is 2. The predicted octanol–water partition coefficient (Wildman–Crippen LogP) is 5.71. The van der Waals surface area contributed by atoms with E-state index in [0.717, 1.165) is 30.1 Å². The molecule has 0 unspecified atom stereocenters. The van der Waals surface area contributed by atoms with Gasteiger partial charge in [0.05, 0.1) is 22.7 Å². The number of halogens is 3. The molecule has 0 aliphatic carbocycles. The van der Waals surface area contributed by atoms with Crippen molar-refractivity contribution in [2.45, 2.75) is 41.4 Å². The molecule has 0 amide bonds. The molecule has 0 bridgehead atoms. The zero-order valence-corrected chi connectivity index (χ0v) is 21.2.